The van der Waals surface area contributed by atoms with Gasteiger partial charge in [-0.05, 0) is 40.0 Å². The topological polar surface area (TPSA) is 86.1 Å². The van der Waals surface area contributed by atoms with Crippen LogP contribution in [0, 0.1) is 0 Å². The molecule has 0 aliphatic rings. The average molecular weight is 375 g/mol. The molecule has 0 aliphatic carbocycles. The van der Waals surface area contributed by atoms with Crippen molar-refractivity contribution >= 4 is 26.0 Å². The van der Waals surface area contributed by atoms with Gasteiger partial charge in [-0.25, -0.2) is 17.8 Å². The fourth-order valence-corrected chi connectivity index (χ4v) is 3.92. The SMILES string of the molecule is COc1ccc(CCNS(=O)(=O)c2c(Br)nnn2C)cc1. The van der Waals surface area contributed by atoms with Crippen molar-refractivity contribution in [3.8, 4) is 5.75 Å². The lowest BCUT2D eigenvalue weighted by atomic mass is 10.1. The molecule has 0 aliphatic heterocycles. The van der Waals surface area contributed by atoms with Crippen LogP contribution in [0.5, 0.6) is 5.75 Å². The number of nitrogens with one attached hydrogen (secondary N) is 1. The van der Waals surface area contributed by atoms with Gasteiger partial charge in [0.25, 0.3) is 10.0 Å². The third-order valence-electron chi connectivity index (χ3n) is 2.86. The van der Waals surface area contributed by atoms with Crippen LogP contribution in [0.25, 0.3) is 0 Å². The van der Waals surface area contributed by atoms with E-state index in [2.05, 4.69) is 31.0 Å². The van der Waals surface area contributed by atoms with Crippen LogP contribution >= 0.6 is 15.9 Å². The molecule has 0 fully saturated rings. The second kappa shape index (κ2) is 6.54. The van der Waals surface area contributed by atoms with Crippen molar-refractivity contribution in [2.75, 3.05) is 13.7 Å². The zero-order chi connectivity index (χ0) is 15.5. The highest BCUT2D eigenvalue weighted by molar-refractivity contribution is 9.10. The second-order valence-electron chi connectivity index (χ2n) is 4.30. The van der Waals surface area contributed by atoms with Crippen LogP contribution in [0.1, 0.15) is 5.56 Å². The molecule has 0 radical (unpaired) electrons. The van der Waals surface area contributed by atoms with Gasteiger partial charge < -0.3 is 4.74 Å². The fraction of sp³-hybridized carbons (Fsp3) is 0.333. The zero-order valence-corrected chi connectivity index (χ0v) is 14.0. The first-order chi connectivity index (χ1) is 9.94. The summed E-state index contributed by atoms with van der Waals surface area (Å²) in [6, 6.07) is 7.47. The smallest absolute Gasteiger partial charge is 0.260 e. The molecular weight excluding hydrogens is 360 g/mol. The summed E-state index contributed by atoms with van der Waals surface area (Å²) in [5.74, 6) is 0.768. The van der Waals surface area contributed by atoms with Crippen molar-refractivity contribution in [3.63, 3.8) is 0 Å². The zero-order valence-electron chi connectivity index (χ0n) is 11.6. The van der Waals surface area contributed by atoms with E-state index in [-0.39, 0.29) is 16.2 Å². The molecule has 1 aromatic carbocycles. The lowest BCUT2D eigenvalue weighted by molar-refractivity contribution is 0.414. The molecule has 0 amide bonds. The summed E-state index contributed by atoms with van der Waals surface area (Å²) in [6.45, 7) is 0.284. The molecule has 9 heteroatoms. The molecule has 1 N–H and O–H groups in total. The Morgan fingerprint density at radius 2 is 2.00 bits per heavy atom. The van der Waals surface area contributed by atoms with Crippen molar-refractivity contribution in [1.29, 1.82) is 0 Å². The predicted molar refractivity (Wildman–Crippen MR) is 80.6 cm³/mol. The molecule has 114 valence electrons. The quantitative estimate of drug-likeness (QED) is 0.818. The number of aromatic nitrogens is 3. The molecular formula is C12H15BrN4O3S. The monoisotopic (exact) mass is 374 g/mol. The third kappa shape index (κ3) is 3.80. The Morgan fingerprint density at radius 3 is 2.52 bits per heavy atom. The van der Waals surface area contributed by atoms with Crippen molar-refractivity contribution in [2.24, 2.45) is 7.05 Å². The van der Waals surface area contributed by atoms with E-state index >= 15 is 0 Å². The van der Waals surface area contributed by atoms with Crippen molar-refractivity contribution in [3.05, 3.63) is 34.4 Å². The van der Waals surface area contributed by atoms with Crippen LogP contribution in [0.4, 0.5) is 0 Å². The summed E-state index contributed by atoms with van der Waals surface area (Å²) < 4.78 is 33.3. The minimum Gasteiger partial charge on any atom is -0.497 e. The summed E-state index contributed by atoms with van der Waals surface area (Å²) in [7, 11) is -0.521. The first-order valence-corrected chi connectivity index (χ1v) is 8.39. The maximum absolute atomic E-state index is 12.2. The number of hydrogen-bond acceptors (Lipinski definition) is 5. The molecule has 1 aromatic heterocycles. The number of ether oxygens (including phenoxy) is 1. The first-order valence-electron chi connectivity index (χ1n) is 6.12. The lowest BCUT2D eigenvalue weighted by Crippen LogP contribution is -2.28. The van der Waals surface area contributed by atoms with Crippen LogP contribution in [0.15, 0.2) is 33.9 Å². The standard InChI is InChI=1S/C12H15BrN4O3S/c1-17-12(11(13)15-16-17)21(18,19)14-8-7-9-3-5-10(20-2)6-4-9/h3-6,14H,7-8H2,1-2H3. The Bertz CT molecular complexity index is 693. The molecule has 21 heavy (non-hydrogen) atoms. The van der Waals surface area contributed by atoms with Gasteiger partial charge in [-0.3, -0.25) is 0 Å². The Hall–Kier alpha value is -1.45. The van der Waals surface area contributed by atoms with Crippen LogP contribution in [-0.2, 0) is 23.5 Å². The van der Waals surface area contributed by atoms with E-state index in [1.807, 2.05) is 24.3 Å². The maximum atomic E-state index is 12.2. The van der Waals surface area contributed by atoms with E-state index in [1.54, 1.807) is 7.11 Å². The van der Waals surface area contributed by atoms with Gasteiger partial charge in [-0.15, -0.1) is 5.10 Å². The van der Waals surface area contributed by atoms with Gasteiger partial charge >= 0.3 is 0 Å². The van der Waals surface area contributed by atoms with Gasteiger partial charge in [0, 0.05) is 13.6 Å². The highest BCUT2D eigenvalue weighted by Gasteiger charge is 2.23. The Kier molecular flexibility index (Phi) is 4.96. The Balaban J connectivity index is 1.99. The van der Waals surface area contributed by atoms with Crippen LogP contribution < -0.4 is 9.46 Å². The minimum atomic E-state index is -3.64. The largest absolute Gasteiger partial charge is 0.497 e. The van der Waals surface area contributed by atoms with Gasteiger partial charge in [-0.2, -0.15) is 0 Å². The summed E-state index contributed by atoms with van der Waals surface area (Å²) in [5, 5.41) is 7.33. The summed E-state index contributed by atoms with van der Waals surface area (Å²) in [4.78, 5) is 0. The Morgan fingerprint density at radius 1 is 1.33 bits per heavy atom. The van der Waals surface area contributed by atoms with Gasteiger partial charge in [0.05, 0.1) is 7.11 Å². The van der Waals surface area contributed by atoms with Crippen molar-refractivity contribution < 1.29 is 13.2 Å². The van der Waals surface area contributed by atoms with Gasteiger partial charge in [0.1, 0.15) is 5.75 Å². The van der Waals surface area contributed by atoms with Gasteiger partial charge in [0.2, 0.25) is 5.03 Å². The number of hydrogen-bond donors (Lipinski definition) is 1. The highest BCUT2D eigenvalue weighted by Crippen LogP contribution is 2.17. The normalized spacial score (nSPS) is 11.6. The molecule has 0 bridgehead atoms. The molecule has 1 heterocycles. The average Bonchev–Trinajstić information content (AvgIpc) is 2.79. The van der Waals surface area contributed by atoms with E-state index in [1.165, 1.54) is 11.7 Å². The van der Waals surface area contributed by atoms with E-state index in [9.17, 15) is 8.42 Å². The molecule has 2 aromatic rings. The number of nitrogens with zero attached hydrogens (tertiary/aromatic N) is 3. The maximum Gasteiger partial charge on any atom is 0.260 e. The minimum absolute atomic E-state index is 0.0113. The first kappa shape index (κ1) is 15.9. The van der Waals surface area contributed by atoms with E-state index in [4.69, 9.17) is 4.74 Å². The van der Waals surface area contributed by atoms with Crippen molar-refractivity contribution in [1.82, 2.24) is 19.7 Å². The molecule has 0 saturated carbocycles. The number of rotatable bonds is 6. The molecule has 0 unspecified atom stereocenters. The van der Waals surface area contributed by atoms with Crippen LogP contribution in [-0.4, -0.2) is 37.1 Å². The third-order valence-corrected chi connectivity index (χ3v) is 5.20. The second-order valence-corrected chi connectivity index (χ2v) is 6.74. The lowest BCUT2D eigenvalue weighted by Gasteiger charge is -2.07. The van der Waals surface area contributed by atoms with E-state index in [0.717, 1.165) is 11.3 Å². The molecule has 7 nitrogen and oxygen atoms in total. The van der Waals surface area contributed by atoms with Gasteiger partial charge in [0.15, 0.2) is 4.60 Å². The fourth-order valence-electron chi connectivity index (χ4n) is 1.80. The Labute approximate surface area is 131 Å². The number of benzene rings is 1. The van der Waals surface area contributed by atoms with E-state index in [0.29, 0.717) is 6.42 Å². The summed E-state index contributed by atoms with van der Waals surface area (Å²) in [6.07, 6.45) is 0.576. The van der Waals surface area contributed by atoms with E-state index < -0.39 is 10.0 Å². The summed E-state index contributed by atoms with van der Waals surface area (Å²) in [5.41, 5.74) is 1.01. The highest BCUT2D eigenvalue weighted by atomic mass is 79.9. The van der Waals surface area contributed by atoms with Crippen LogP contribution in [0.3, 0.4) is 0 Å². The van der Waals surface area contributed by atoms with Crippen molar-refractivity contribution in [2.45, 2.75) is 11.4 Å². The molecule has 0 saturated heterocycles. The van der Waals surface area contributed by atoms with Gasteiger partial charge in [-0.1, -0.05) is 17.3 Å². The molecule has 2 rings (SSSR count). The number of halogens is 1. The number of methoxy groups -OCH3 is 1. The number of aryl methyl sites for hydroxylation is 1. The van der Waals surface area contributed by atoms with Crippen LogP contribution in [0.2, 0.25) is 0 Å². The predicted octanol–water partition coefficient (Wildman–Crippen LogP) is 1.11. The summed E-state index contributed by atoms with van der Waals surface area (Å²) >= 11 is 3.08. The molecule has 0 atom stereocenters. The molecule has 0 spiro atoms. The number of sulfonamides is 1.